The van der Waals surface area contributed by atoms with Crippen molar-refractivity contribution in [3.63, 3.8) is 0 Å². The highest BCUT2D eigenvalue weighted by Gasteiger charge is 2.57. The molecule has 136 valence electrons. The Balaban J connectivity index is 1.91. The third kappa shape index (κ3) is 1.79. The van der Waals surface area contributed by atoms with Crippen LogP contribution in [-0.4, -0.2) is 34.5 Å². The van der Waals surface area contributed by atoms with E-state index in [0.717, 1.165) is 27.7 Å². The van der Waals surface area contributed by atoms with Crippen molar-refractivity contribution in [1.82, 2.24) is 9.47 Å². The molecule has 5 nitrogen and oxygen atoms in total. The second kappa shape index (κ2) is 5.22. The molecule has 3 aromatic rings. The van der Waals surface area contributed by atoms with E-state index in [9.17, 15) is 9.59 Å². The summed E-state index contributed by atoms with van der Waals surface area (Å²) in [4.78, 5) is 27.7. The molecule has 1 amide bonds. The highest BCUT2D eigenvalue weighted by Crippen LogP contribution is 2.51. The summed E-state index contributed by atoms with van der Waals surface area (Å²) in [7, 11) is 3.42. The van der Waals surface area contributed by atoms with Crippen molar-refractivity contribution in [3.05, 3.63) is 70.9 Å². The largest absolute Gasteiger partial charge is 0.467 e. The molecule has 0 radical (unpaired) electrons. The number of hydrogen-bond acceptors (Lipinski definition) is 3. The Kier molecular flexibility index (Phi) is 3.12. The number of aryl methyl sites for hydroxylation is 1. The Bertz CT molecular complexity index is 1130. The van der Waals surface area contributed by atoms with Gasteiger partial charge in [0.2, 0.25) is 0 Å². The number of fused-ring (bicyclic) bond motifs is 7. The maximum absolute atomic E-state index is 13.3. The number of ether oxygens (including phenoxy) is 1. The first kappa shape index (κ1) is 16.1. The number of benzene rings is 2. The molecule has 0 N–H and O–H groups in total. The summed E-state index contributed by atoms with van der Waals surface area (Å²) >= 11 is 0. The first-order chi connectivity index (χ1) is 13.0. The van der Waals surface area contributed by atoms with Gasteiger partial charge in [0, 0.05) is 29.9 Å². The smallest absolute Gasteiger partial charge is 0.328 e. The SMILES string of the molecule is COC(=O)[C@@H]1Cc2c(n(C)c3ccccc23)[C@]2(C)c3ccccc3C(=O)N12. The van der Waals surface area contributed by atoms with Crippen LogP contribution in [0.1, 0.15) is 34.1 Å². The lowest BCUT2D eigenvalue weighted by Crippen LogP contribution is -2.57. The van der Waals surface area contributed by atoms with Gasteiger partial charge >= 0.3 is 5.97 Å². The standard InChI is InChI=1S/C22H20N2O3/c1-22-16-10-6-4-9-14(16)20(25)24(22)18(21(26)27-3)12-15-13-8-5-7-11-17(13)23(2)19(15)22/h4-11,18H,12H2,1-3H3/t18-,22-/m0/s1. The van der Waals surface area contributed by atoms with E-state index < -0.39 is 11.6 Å². The number of carbonyl (C=O) groups is 2. The predicted octanol–water partition coefficient (Wildman–Crippen LogP) is 3.00. The summed E-state index contributed by atoms with van der Waals surface area (Å²) in [6.45, 7) is 2.05. The molecule has 0 fully saturated rings. The third-order valence-electron chi connectivity index (χ3n) is 6.24. The minimum Gasteiger partial charge on any atom is -0.467 e. The zero-order chi connectivity index (χ0) is 18.9. The van der Waals surface area contributed by atoms with E-state index in [-0.39, 0.29) is 11.9 Å². The van der Waals surface area contributed by atoms with Crippen LogP contribution in [0.5, 0.6) is 0 Å². The molecule has 2 aliphatic rings. The Morgan fingerprint density at radius 2 is 1.85 bits per heavy atom. The fourth-order valence-electron chi connectivity index (χ4n) is 5.16. The highest BCUT2D eigenvalue weighted by atomic mass is 16.5. The topological polar surface area (TPSA) is 51.5 Å². The Hall–Kier alpha value is -3.08. The number of hydrogen-bond donors (Lipinski definition) is 0. The zero-order valence-electron chi connectivity index (χ0n) is 15.5. The molecule has 27 heavy (non-hydrogen) atoms. The lowest BCUT2D eigenvalue weighted by atomic mass is 9.80. The van der Waals surface area contributed by atoms with E-state index in [4.69, 9.17) is 4.74 Å². The van der Waals surface area contributed by atoms with Crippen molar-refractivity contribution < 1.29 is 14.3 Å². The number of carbonyl (C=O) groups excluding carboxylic acids is 2. The molecule has 5 heteroatoms. The number of esters is 1. The molecule has 2 aromatic carbocycles. The number of aromatic nitrogens is 1. The van der Waals surface area contributed by atoms with Gasteiger partial charge in [-0.2, -0.15) is 0 Å². The van der Waals surface area contributed by atoms with E-state index in [1.807, 2.05) is 50.4 Å². The van der Waals surface area contributed by atoms with E-state index >= 15 is 0 Å². The fraction of sp³-hybridized carbons (Fsp3) is 0.273. The van der Waals surface area contributed by atoms with Gasteiger partial charge in [-0.3, -0.25) is 4.79 Å². The lowest BCUT2D eigenvalue weighted by molar-refractivity contribution is -0.148. The van der Waals surface area contributed by atoms with Gasteiger partial charge in [0.05, 0.1) is 12.8 Å². The number of nitrogens with zero attached hydrogens (tertiary/aromatic N) is 2. The molecule has 2 atom stereocenters. The minimum atomic E-state index is -0.714. The summed E-state index contributed by atoms with van der Waals surface area (Å²) in [5, 5.41) is 1.13. The molecule has 2 aliphatic heterocycles. The molecule has 0 aliphatic carbocycles. The Morgan fingerprint density at radius 1 is 1.15 bits per heavy atom. The predicted molar refractivity (Wildman–Crippen MR) is 101 cm³/mol. The van der Waals surface area contributed by atoms with Crippen molar-refractivity contribution >= 4 is 22.8 Å². The number of para-hydroxylation sites is 1. The van der Waals surface area contributed by atoms with Crippen LogP contribution >= 0.6 is 0 Å². The van der Waals surface area contributed by atoms with Gasteiger partial charge in [-0.05, 0) is 30.2 Å². The van der Waals surface area contributed by atoms with Crippen LogP contribution in [-0.2, 0) is 28.5 Å². The lowest BCUT2D eigenvalue weighted by Gasteiger charge is -2.44. The zero-order valence-corrected chi connectivity index (χ0v) is 15.5. The second-order valence-electron chi connectivity index (χ2n) is 7.44. The van der Waals surface area contributed by atoms with Gasteiger partial charge in [-0.15, -0.1) is 0 Å². The maximum atomic E-state index is 13.3. The van der Waals surface area contributed by atoms with E-state index in [1.54, 1.807) is 4.90 Å². The first-order valence-electron chi connectivity index (χ1n) is 9.08. The van der Waals surface area contributed by atoms with Crippen LogP contribution in [0.15, 0.2) is 48.5 Å². The van der Waals surface area contributed by atoms with Gasteiger partial charge in [0.15, 0.2) is 0 Å². The summed E-state index contributed by atoms with van der Waals surface area (Å²) in [6.07, 6.45) is 0.457. The van der Waals surface area contributed by atoms with Gasteiger partial charge in [-0.25, -0.2) is 4.79 Å². The summed E-state index contributed by atoms with van der Waals surface area (Å²) in [5.41, 5.74) is 4.18. The highest BCUT2D eigenvalue weighted by molar-refractivity contribution is 6.04. The van der Waals surface area contributed by atoms with Crippen molar-refractivity contribution in [2.75, 3.05) is 7.11 Å². The van der Waals surface area contributed by atoms with Gasteiger partial charge in [0.1, 0.15) is 11.6 Å². The summed E-state index contributed by atoms with van der Waals surface area (Å²) < 4.78 is 7.25. The minimum absolute atomic E-state index is 0.112. The first-order valence-corrected chi connectivity index (χ1v) is 9.08. The number of rotatable bonds is 1. The molecular formula is C22H20N2O3. The molecule has 0 saturated heterocycles. The van der Waals surface area contributed by atoms with Crippen molar-refractivity contribution in [2.24, 2.45) is 7.05 Å². The van der Waals surface area contributed by atoms with Gasteiger partial charge < -0.3 is 14.2 Å². The molecule has 0 saturated carbocycles. The average molecular weight is 360 g/mol. The molecule has 1 aromatic heterocycles. The normalized spacial score (nSPS) is 23.1. The summed E-state index contributed by atoms with van der Waals surface area (Å²) in [6, 6.07) is 15.2. The number of methoxy groups -OCH3 is 1. The van der Waals surface area contributed by atoms with Crippen molar-refractivity contribution in [2.45, 2.75) is 24.9 Å². The molecule has 3 heterocycles. The summed E-state index contributed by atoms with van der Waals surface area (Å²) in [5.74, 6) is -0.486. The van der Waals surface area contributed by atoms with Gasteiger partial charge in [-0.1, -0.05) is 36.4 Å². The molecular weight excluding hydrogens is 340 g/mol. The van der Waals surface area contributed by atoms with Crippen LogP contribution in [0.25, 0.3) is 10.9 Å². The quantitative estimate of drug-likeness (QED) is 0.627. The molecule has 0 bridgehead atoms. The van der Waals surface area contributed by atoms with E-state index in [1.165, 1.54) is 7.11 Å². The van der Waals surface area contributed by atoms with Crippen molar-refractivity contribution in [1.29, 1.82) is 0 Å². The molecule has 0 unspecified atom stereocenters. The molecule has 5 rings (SSSR count). The van der Waals surface area contributed by atoms with Crippen LogP contribution in [0.3, 0.4) is 0 Å². The Morgan fingerprint density at radius 3 is 2.63 bits per heavy atom. The van der Waals surface area contributed by atoms with Crippen LogP contribution in [0, 0.1) is 0 Å². The van der Waals surface area contributed by atoms with Gasteiger partial charge in [0.25, 0.3) is 5.91 Å². The van der Waals surface area contributed by atoms with Crippen LogP contribution < -0.4 is 0 Å². The van der Waals surface area contributed by atoms with E-state index in [0.29, 0.717) is 12.0 Å². The number of amides is 1. The average Bonchev–Trinajstić information content (AvgIpc) is 3.12. The monoisotopic (exact) mass is 360 g/mol. The molecule has 0 spiro atoms. The second-order valence-corrected chi connectivity index (χ2v) is 7.44. The Labute approximate surface area is 157 Å². The van der Waals surface area contributed by atoms with E-state index in [2.05, 4.69) is 16.7 Å². The van der Waals surface area contributed by atoms with Crippen LogP contribution in [0.4, 0.5) is 0 Å². The fourth-order valence-corrected chi connectivity index (χ4v) is 5.16. The van der Waals surface area contributed by atoms with Crippen molar-refractivity contribution in [3.8, 4) is 0 Å². The maximum Gasteiger partial charge on any atom is 0.328 e. The third-order valence-corrected chi connectivity index (χ3v) is 6.24. The van der Waals surface area contributed by atoms with Crippen LogP contribution in [0.2, 0.25) is 0 Å².